The highest BCUT2D eigenvalue weighted by Gasteiger charge is 2.17. The molecule has 2 atom stereocenters. The zero-order valence-electron chi connectivity index (χ0n) is 10.3. The smallest absolute Gasteiger partial charge is 0.378 e. The minimum atomic E-state index is -0.411. The van der Waals surface area contributed by atoms with Gasteiger partial charge in [0.15, 0.2) is 0 Å². The Labute approximate surface area is 117 Å². The number of halogens is 2. The molecule has 1 unspecified atom stereocenters. The van der Waals surface area contributed by atoms with Gasteiger partial charge >= 0.3 is 8.05 Å². The zero-order chi connectivity index (χ0) is 11.7. The molecule has 0 fully saturated rings. The molecule has 0 amide bonds. The van der Waals surface area contributed by atoms with Crippen LogP contribution in [0.1, 0.15) is 33.1 Å². The van der Waals surface area contributed by atoms with Crippen molar-refractivity contribution in [3.8, 4) is 0 Å². The van der Waals surface area contributed by atoms with E-state index in [9.17, 15) is 4.79 Å². The molecule has 2 N–H and O–H groups in total. The molecule has 0 aromatic rings. The Morgan fingerprint density at radius 1 is 1.41 bits per heavy atom. The molecule has 0 aliphatic heterocycles. The molecular formula is C10H22BCl2NO3. The molecule has 0 bridgehead atoms. The number of hydrogen-bond donors (Lipinski definition) is 2. The van der Waals surface area contributed by atoms with Gasteiger partial charge in [-0.25, -0.2) is 0 Å². The summed E-state index contributed by atoms with van der Waals surface area (Å²) in [6, 6.07) is 0. The van der Waals surface area contributed by atoms with E-state index >= 15 is 0 Å². The number of unbranched alkanes of at least 4 members (excludes halogenated alkanes) is 1. The lowest BCUT2D eigenvalue weighted by Gasteiger charge is -2.16. The maximum atomic E-state index is 11.2. The largest absolute Gasteiger partial charge is 0.543 e. The average Bonchev–Trinajstić information content (AvgIpc) is 2.21. The second-order valence-corrected chi connectivity index (χ2v) is 3.78. The Hall–Kier alpha value is 0.0349. The molecule has 0 saturated heterocycles. The van der Waals surface area contributed by atoms with E-state index in [4.69, 9.17) is 13.2 Å². The molecular weight excluding hydrogens is 264 g/mol. The summed E-state index contributed by atoms with van der Waals surface area (Å²) in [7, 11) is 4.85. The third-order valence-electron chi connectivity index (χ3n) is 2.19. The standard InChI is InChI=1S/C10H20BNO3.2ClH/c1-3-4-5-9(10(14)15-11)7-12-6-8(2)13;;/h8-9,12-13H,3-7H2,1-2H3;2*1H/t8-,9?;;/m1../s1. The highest BCUT2D eigenvalue weighted by Crippen LogP contribution is 2.09. The van der Waals surface area contributed by atoms with Crippen LogP contribution < -0.4 is 5.32 Å². The van der Waals surface area contributed by atoms with Crippen molar-refractivity contribution in [1.82, 2.24) is 5.32 Å². The molecule has 4 nitrogen and oxygen atoms in total. The predicted molar refractivity (Wildman–Crippen MR) is 73.9 cm³/mol. The Bertz CT molecular complexity index is 185. The van der Waals surface area contributed by atoms with Gasteiger partial charge in [0.1, 0.15) is 0 Å². The van der Waals surface area contributed by atoms with E-state index in [0.717, 1.165) is 19.3 Å². The third kappa shape index (κ3) is 12.3. The quantitative estimate of drug-likeness (QED) is 0.659. The minimum Gasteiger partial charge on any atom is -0.543 e. The molecule has 0 rings (SSSR count). The van der Waals surface area contributed by atoms with Gasteiger partial charge in [0, 0.05) is 13.1 Å². The summed E-state index contributed by atoms with van der Waals surface area (Å²) in [5.41, 5.74) is 0. The summed E-state index contributed by atoms with van der Waals surface area (Å²) in [6.45, 7) is 4.73. The Balaban J connectivity index is -0.000000980. The second kappa shape index (κ2) is 14.1. The summed E-state index contributed by atoms with van der Waals surface area (Å²) in [5, 5.41) is 12.0. The molecule has 0 heterocycles. The number of aliphatic hydroxyl groups is 1. The summed E-state index contributed by atoms with van der Waals surface area (Å²) in [6.07, 6.45) is 2.35. The van der Waals surface area contributed by atoms with Gasteiger partial charge in [0.05, 0.1) is 12.0 Å². The fourth-order valence-corrected chi connectivity index (χ4v) is 1.32. The second-order valence-electron chi connectivity index (χ2n) is 3.78. The highest BCUT2D eigenvalue weighted by molar-refractivity contribution is 6.05. The first kappa shape index (κ1) is 22.2. The van der Waals surface area contributed by atoms with Gasteiger partial charge in [-0.05, 0) is 13.3 Å². The maximum Gasteiger partial charge on any atom is 0.378 e. The first-order chi connectivity index (χ1) is 7.11. The van der Waals surface area contributed by atoms with Crippen LogP contribution in [0.2, 0.25) is 0 Å². The maximum absolute atomic E-state index is 11.2. The van der Waals surface area contributed by atoms with E-state index in [1.807, 2.05) is 0 Å². The van der Waals surface area contributed by atoms with E-state index in [1.165, 1.54) is 0 Å². The van der Waals surface area contributed by atoms with Crippen LogP contribution in [0.5, 0.6) is 0 Å². The van der Waals surface area contributed by atoms with Crippen LogP contribution in [-0.4, -0.2) is 38.3 Å². The lowest BCUT2D eigenvalue weighted by atomic mass is 10.0. The van der Waals surface area contributed by atoms with Gasteiger partial charge in [-0.2, -0.15) is 0 Å². The number of carbonyl (C=O) groups is 1. The SMILES string of the molecule is Cl.Cl.[B]OC(=O)C(CCCC)CNC[C@@H](C)O. The van der Waals surface area contributed by atoms with Gasteiger partial charge in [0.25, 0.3) is 5.97 Å². The van der Waals surface area contributed by atoms with Crippen LogP contribution >= 0.6 is 24.8 Å². The van der Waals surface area contributed by atoms with Crippen LogP contribution in [-0.2, 0) is 9.45 Å². The summed E-state index contributed by atoms with van der Waals surface area (Å²) < 4.78 is 4.23. The van der Waals surface area contributed by atoms with Crippen LogP contribution in [0.3, 0.4) is 0 Å². The summed E-state index contributed by atoms with van der Waals surface area (Å²) >= 11 is 0. The van der Waals surface area contributed by atoms with Crippen molar-refractivity contribution >= 4 is 38.8 Å². The van der Waals surface area contributed by atoms with Crippen molar-refractivity contribution < 1.29 is 14.6 Å². The van der Waals surface area contributed by atoms with Crippen molar-refractivity contribution in [2.24, 2.45) is 5.92 Å². The van der Waals surface area contributed by atoms with Crippen molar-refractivity contribution in [3.05, 3.63) is 0 Å². The van der Waals surface area contributed by atoms with E-state index < -0.39 is 6.10 Å². The zero-order valence-corrected chi connectivity index (χ0v) is 12.0. The lowest BCUT2D eigenvalue weighted by molar-refractivity contribution is -0.138. The molecule has 0 saturated carbocycles. The van der Waals surface area contributed by atoms with E-state index in [2.05, 4.69) is 16.9 Å². The van der Waals surface area contributed by atoms with Crippen LogP contribution in [0.25, 0.3) is 0 Å². The Kier molecular flexibility index (Phi) is 18.4. The summed E-state index contributed by atoms with van der Waals surface area (Å²) in [5.74, 6) is -0.602. The van der Waals surface area contributed by atoms with Gasteiger partial charge in [0.2, 0.25) is 0 Å². The Morgan fingerprint density at radius 3 is 2.41 bits per heavy atom. The van der Waals surface area contributed by atoms with Crippen LogP contribution in [0.15, 0.2) is 0 Å². The van der Waals surface area contributed by atoms with Crippen LogP contribution in [0, 0.1) is 5.92 Å². The molecule has 0 aromatic carbocycles. The normalized spacial score (nSPS) is 12.9. The Morgan fingerprint density at radius 2 is 2.00 bits per heavy atom. The van der Waals surface area contributed by atoms with Crippen molar-refractivity contribution in [2.45, 2.75) is 39.2 Å². The third-order valence-corrected chi connectivity index (χ3v) is 2.19. The number of rotatable bonds is 8. The van der Waals surface area contributed by atoms with E-state index in [0.29, 0.717) is 13.1 Å². The number of aliphatic hydroxyl groups excluding tert-OH is 1. The number of carbonyl (C=O) groups excluding carboxylic acids is 1. The summed E-state index contributed by atoms with van der Waals surface area (Å²) in [4.78, 5) is 11.2. The van der Waals surface area contributed by atoms with Gasteiger partial charge < -0.3 is 15.1 Å². The minimum absolute atomic E-state index is 0. The predicted octanol–water partition coefficient (Wildman–Crippen LogP) is 1.23. The van der Waals surface area contributed by atoms with Crippen molar-refractivity contribution in [1.29, 1.82) is 0 Å². The monoisotopic (exact) mass is 285 g/mol. The van der Waals surface area contributed by atoms with Crippen LogP contribution in [0.4, 0.5) is 0 Å². The fourth-order valence-electron chi connectivity index (χ4n) is 1.32. The first-order valence-electron chi connectivity index (χ1n) is 5.41. The topological polar surface area (TPSA) is 58.6 Å². The number of hydrogen-bond acceptors (Lipinski definition) is 4. The fraction of sp³-hybridized carbons (Fsp3) is 0.900. The van der Waals surface area contributed by atoms with Gasteiger partial charge in [-0.1, -0.05) is 19.8 Å². The molecule has 0 spiro atoms. The molecule has 7 heteroatoms. The van der Waals surface area contributed by atoms with Gasteiger partial charge in [-0.3, -0.25) is 4.79 Å². The molecule has 0 aliphatic carbocycles. The molecule has 102 valence electrons. The molecule has 17 heavy (non-hydrogen) atoms. The molecule has 2 radical (unpaired) electrons. The molecule has 0 aliphatic rings. The number of nitrogens with one attached hydrogen (secondary N) is 1. The van der Waals surface area contributed by atoms with Crippen molar-refractivity contribution in [2.75, 3.05) is 13.1 Å². The van der Waals surface area contributed by atoms with Gasteiger partial charge in [-0.15, -0.1) is 24.8 Å². The first-order valence-corrected chi connectivity index (χ1v) is 5.41. The lowest BCUT2D eigenvalue weighted by Crippen LogP contribution is -2.33. The highest BCUT2D eigenvalue weighted by atomic mass is 35.5. The van der Waals surface area contributed by atoms with Crippen molar-refractivity contribution in [3.63, 3.8) is 0 Å². The van der Waals surface area contributed by atoms with E-state index in [1.54, 1.807) is 6.92 Å². The van der Waals surface area contributed by atoms with E-state index in [-0.39, 0.29) is 36.7 Å². The average molecular weight is 286 g/mol. The molecule has 0 aromatic heterocycles.